The van der Waals surface area contributed by atoms with Crippen LogP contribution in [0.1, 0.15) is 33.6 Å². The molecular formula is C13H24N2O3. The zero-order valence-corrected chi connectivity index (χ0v) is 11.6. The fraction of sp³-hybridized carbons (Fsp3) is 0.846. The van der Waals surface area contributed by atoms with Gasteiger partial charge in [0.05, 0.1) is 13.2 Å². The highest BCUT2D eigenvalue weighted by Crippen LogP contribution is 2.08. The summed E-state index contributed by atoms with van der Waals surface area (Å²) < 4.78 is 5.20. The maximum atomic E-state index is 12.1. The summed E-state index contributed by atoms with van der Waals surface area (Å²) in [6, 6.07) is -0.448. The highest BCUT2D eigenvalue weighted by Gasteiger charge is 2.25. The summed E-state index contributed by atoms with van der Waals surface area (Å²) in [4.78, 5) is 25.7. The standard InChI is InChI=1S/C13H24N2O3/c1-4-11(5-2)12(16)14-10(3)13(17)15-6-8-18-9-7-15/h10-11H,4-9H2,1-3H3,(H,14,16)/t10-/m0/s1. The van der Waals surface area contributed by atoms with Crippen LogP contribution in [0.25, 0.3) is 0 Å². The van der Waals surface area contributed by atoms with Crippen molar-refractivity contribution in [2.45, 2.75) is 39.7 Å². The molecule has 0 aromatic carbocycles. The Hall–Kier alpha value is -1.10. The van der Waals surface area contributed by atoms with E-state index < -0.39 is 6.04 Å². The molecule has 0 saturated carbocycles. The van der Waals surface area contributed by atoms with Gasteiger partial charge in [-0.2, -0.15) is 0 Å². The quantitative estimate of drug-likeness (QED) is 0.791. The van der Waals surface area contributed by atoms with Crippen molar-refractivity contribution < 1.29 is 14.3 Å². The number of nitrogens with one attached hydrogen (secondary N) is 1. The Morgan fingerprint density at radius 1 is 1.22 bits per heavy atom. The normalized spacial score (nSPS) is 17.7. The number of hydrogen-bond acceptors (Lipinski definition) is 3. The summed E-state index contributed by atoms with van der Waals surface area (Å²) >= 11 is 0. The van der Waals surface area contributed by atoms with Crippen LogP contribution in [0.4, 0.5) is 0 Å². The molecule has 1 heterocycles. The molecule has 0 bridgehead atoms. The van der Waals surface area contributed by atoms with Gasteiger partial charge in [-0.15, -0.1) is 0 Å². The second kappa shape index (κ2) is 7.36. The summed E-state index contributed by atoms with van der Waals surface area (Å²) in [5.41, 5.74) is 0. The van der Waals surface area contributed by atoms with E-state index in [1.54, 1.807) is 11.8 Å². The maximum Gasteiger partial charge on any atom is 0.245 e. The number of ether oxygens (including phenoxy) is 1. The van der Waals surface area contributed by atoms with Crippen molar-refractivity contribution in [1.29, 1.82) is 0 Å². The molecule has 1 rings (SSSR count). The summed E-state index contributed by atoms with van der Waals surface area (Å²) in [6.45, 7) is 8.12. The van der Waals surface area contributed by atoms with Crippen molar-refractivity contribution in [3.63, 3.8) is 0 Å². The molecule has 0 aliphatic carbocycles. The summed E-state index contributed by atoms with van der Waals surface area (Å²) in [5.74, 6) is -0.0309. The second-order valence-corrected chi connectivity index (χ2v) is 4.68. The number of rotatable bonds is 5. The molecule has 2 amide bonds. The third kappa shape index (κ3) is 3.98. The molecule has 5 nitrogen and oxygen atoms in total. The van der Waals surface area contributed by atoms with E-state index >= 15 is 0 Å². The van der Waals surface area contributed by atoms with E-state index in [2.05, 4.69) is 5.32 Å². The number of hydrogen-bond donors (Lipinski definition) is 1. The first kappa shape index (κ1) is 15.0. The number of amides is 2. The molecule has 18 heavy (non-hydrogen) atoms. The third-order valence-corrected chi connectivity index (χ3v) is 3.41. The second-order valence-electron chi connectivity index (χ2n) is 4.68. The van der Waals surface area contributed by atoms with Gasteiger partial charge in [0.15, 0.2) is 0 Å². The van der Waals surface area contributed by atoms with Crippen molar-refractivity contribution in [3.05, 3.63) is 0 Å². The maximum absolute atomic E-state index is 12.1. The van der Waals surface area contributed by atoms with Crippen LogP contribution in [0.15, 0.2) is 0 Å². The van der Waals surface area contributed by atoms with Gasteiger partial charge in [0.1, 0.15) is 6.04 Å². The summed E-state index contributed by atoms with van der Waals surface area (Å²) in [6.07, 6.45) is 1.61. The highest BCUT2D eigenvalue weighted by atomic mass is 16.5. The molecule has 1 fully saturated rings. The van der Waals surface area contributed by atoms with Crippen molar-refractivity contribution >= 4 is 11.8 Å². The van der Waals surface area contributed by atoms with Crippen LogP contribution >= 0.6 is 0 Å². The molecule has 1 saturated heterocycles. The van der Waals surface area contributed by atoms with Crippen LogP contribution in [0.5, 0.6) is 0 Å². The number of carbonyl (C=O) groups is 2. The van der Waals surface area contributed by atoms with Crippen LogP contribution in [0.3, 0.4) is 0 Å². The predicted molar refractivity (Wildman–Crippen MR) is 69.1 cm³/mol. The lowest BCUT2D eigenvalue weighted by Crippen LogP contribution is -2.51. The van der Waals surface area contributed by atoms with Gasteiger partial charge >= 0.3 is 0 Å². The average molecular weight is 256 g/mol. The van der Waals surface area contributed by atoms with E-state index in [9.17, 15) is 9.59 Å². The minimum Gasteiger partial charge on any atom is -0.378 e. The largest absolute Gasteiger partial charge is 0.378 e. The van der Waals surface area contributed by atoms with E-state index in [4.69, 9.17) is 4.74 Å². The monoisotopic (exact) mass is 256 g/mol. The van der Waals surface area contributed by atoms with Gasteiger partial charge in [0, 0.05) is 19.0 Å². The molecular weight excluding hydrogens is 232 g/mol. The van der Waals surface area contributed by atoms with Crippen LogP contribution in [-0.4, -0.2) is 49.1 Å². The van der Waals surface area contributed by atoms with Crippen LogP contribution in [-0.2, 0) is 14.3 Å². The fourth-order valence-electron chi connectivity index (χ4n) is 2.11. The SMILES string of the molecule is CCC(CC)C(=O)N[C@@H](C)C(=O)N1CCOCC1. The molecule has 1 atom stereocenters. The summed E-state index contributed by atoms with van der Waals surface area (Å²) in [7, 11) is 0. The van der Waals surface area contributed by atoms with E-state index in [0.29, 0.717) is 26.3 Å². The smallest absolute Gasteiger partial charge is 0.245 e. The van der Waals surface area contributed by atoms with Gasteiger partial charge in [-0.3, -0.25) is 9.59 Å². The topological polar surface area (TPSA) is 58.6 Å². The Bertz CT molecular complexity index is 284. The minimum atomic E-state index is -0.448. The summed E-state index contributed by atoms with van der Waals surface area (Å²) in [5, 5.41) is 2.81. The lowest BCUT2D eigenvalue weighted by Gasteiger charge is -2.29. The Morgan fingerprint density at radius 3 is 2.28 bits per heavy atom. The first-order valence-corrected chi connectivity index (χ1v) is 6.77. The van der Waals surface area contributed by atoms with Crippen LogP contribution in [0.2, 0.25) is 0 Å². The average Bonchev–Trinajstić information content (AvgIpc) is 2.40. The molecule has 0 spiro atoms. The third-order valence-electron chi connectivity index (χ3n) is 3.41. The number of nitrogens with zero attached hydrogens (tertiary/aromatic N) is 1. The molecule has 1 aliphatic heterocycles. The number of morpholine rings is 1. The van der Waals surface area contributed by atoms with Gasteiger partial charge < -0.3 is 15.0 Å². The first-order chi connectivity index (χ1) is 8.60. The Kier molecular flexibility index (Phi) is 6.12. The molecule has 0 radical (unpaired) electrons. The molecule has 0 unspecified atom stereocenters. The molecule has 1 N–H and O–H groups in total. The Morgan fingerprint density at radius 2 is 1.78 bits per heavy atom. The van der Waals surface area contributed by atoms with Crippen molar-refractivity contribution in [2.75, 3.05) is 26.3 Å². The van der Waals surface area contributed by atoms with E-state index in [1.165, 1.54) is 0 Å². The predicted octanol–water partition coefficient (Wildman–Crippen LogP) is 0.786. The van der Waals surface area contributed by atoms with E-state index in [1.807, 2.05) is 13.8 Å². The molecule has 104 valence electrons. The van der Waals surface area contributed by atoms with Gasteiger partial charge in [0.25, 0.3) is 0 Å². The van der Waals surface area contributed by atoms with Crippen molar-refractivity contribution in [2.24, 2.45) is 5.92 Å². The molecule has 0 aromatic heterocycles. The van der Waals surface area contributed by atoms with Gasteiger partial charge in [0.2, 0.25) is 11.8 Å². The Balaban J connectivity index is 2.45. The van der Waals surface area contributed by atoms with E-state index in [-0.39, 0.29) is 17.7 Å². The minimum absolute atomic E-state index is 0.00457. The van der Waals surface area contributed by atoms with Crippen LogP contribution < -0.4 is 5.32 Å². The fourth-order valence-corrected chi connectivity index (χ4v) is 2.11. The van der Waals surface area contributed by atoms with E-state index in [0.717, 1.165) is 12.8 Å². The van der Waals surface area contributed by atoms with Gasteiger partial charge in [-0.05, 0) is 19.8 Å². The first-order valence-electron chi connectivity index (χ1n) is 6.77. The van der Waals surface area contributed by atoms with Crippen molar-refractivity contribution in [3.8, 4) is 0 Å². The highest BCUT2D eigenvalue weighted by molar-refractivity contribution is 5.88. The lowest BCUT2D eigenvalue weighted by atomic mass is 10.0. The molecule has 5 heteroatoms. The molecule has 0 aromatic rings. The van der Waals surface area contributed by atoms with Gasteiger partial charge in [-0.25, -0.2) is 0 Å². The zero-order valence-electron chi connectivity index (χ0n) is 11.6. The van der Waals surface area contributed by atoms with Gasteiger partial charge in [-0.1, -0.05) is 13.8 Å². The molecule has 1 aliphatic rings. The number of carbonyl (C=O) groups excluding carboxylic acids is 2. The lowest BCUT2D eigenvalue weighted by molar-refractivity contribution is -0.140. The van der Waals surface area contributed by atoms with Crippen molar-refractivity contribution in [1.82, 2.24) is 10.2 Å². The van der Waals surface area contributed by atoms with Crippen LogP contribution in [0, 0.1) is 5.92 Å². The zero-order chi connectivity index (χ0) is 13.5. The Labute approximate surface area is 109 Å².